The second kappa shape index (κ2) is 4.31. The summed E-state index contributed by atoms with van der Waals surface area (Å²) in [5, 5.41) is 5.98. The molecule has 2 heterocycles. The molecule has 0 unspecified atom stereocenters. The van der Waals surface area contributed by atoms with Crippen molar-refractivity contribution in [3.05, 3.63) is 52.3 Å². The van der Waals surface area contributed by atoms with Gasteiger partial charge in [0, 0.05) is 17.0 Å². The van der Waals surface area contributed by atoms with Gasteiger partial charge in [0.05, 0.1) is 0 Å². The van der Waals surface area contributed by atoms with Gasteiger partial charge in [-0.3, -0.25) is 4.79 Å². The van der Waals surface area contributed by atoms with Crippen LogP contribution in [0.15, 0.2) is 55.7 Å². The van der Waals surface area contributed by atoms with Crippen molar-refractivity contribution in [3.8, 4) is 0 Å². The Morgan fingerprint density at radius 3 is 2.55 bits per heavy atom. The van der Waals surface area contributed by atoms with Crippen LogP contribution in [0.3, 0.4) is 0 Å². The van der Waals surface area contributed by atoms with Crippen molar-refractivity contribution in [1.29, 1.82) is 0 Å². The van der Waals surface area contributed by atoms with Gasteiger partial charge >= 0.3 is 0 Å². The molecule has 0 aliphatic rings. The first-order valence-electron chi connectivity index (χ1n) is 5.79. The molecule has 1 aromatic carbocycles. The van der Waals surface area contributed by atoms with Crippen LogP contribution in [0.1, 0.15) is 5.56 Å². The zero-order valence-electron chi connectivity index (χ0n) is 10.5. The van der Waals surface area contributed by atoms with E-state index in [0.29, 0.717) is 11.1 Å². The summed E-state index contributed by atoms with van der Waals surface area (Å²) >= 11 is 0. The Kier molecular flexibility index (Phi) is 2.72. The lowest BCUT2D eigenvalue weighted by Gasteiger charge is -2.00. The van der Waals surface area contributed by atoms with Crippen molar-refractivity contribution in [3.63, 3.8) is 0 Å². The third kappa shape index (κ3) is 1.83. The Morgan fingerprint density at radius 1 is 1.15 bits per heavy atom. The molecule has 2 aromatic heterocycles. The number of hydrogen-bond acceptors (Lipinski definition) is 5. The zero-order chi connectivity index (χ0) is 14.3. The van der Waals surface area contributed by atoms with Crippen molar-refractivity contribution < 1.29 is 12.8 Å². The van der Waals surface area contributed by atoms with Gasteiger partial charge in [-0.1, -0.05) is 18.2 Å². The number of para-hydroxylation sites is 1. The van der Waals surface area contributed by atoms with Gasteiger partial charge in [-0.25, -0.2) is 13.5 Å². The molecule has 1 N–H and O–H groups in total. The van der Waals surface area contributed by atoms with E-state index < -0.39 is 15.4 Å². The number of benzene rings is 1. The zero-order valence-corrected chi connectivity index (χ0v) is 11.3. The molecule has 0 spiro atoms. The second-order valence-corrected chi connectivity index (χ2v) is 6.07. The normalized spacial score (nSPS) is 11.8. The first-order chi connectivity index (χ1) is 9.50. The molecule has 0 bridgehead atoms. The van der Waals surface area contributed by atoms with E-state index >= 15 is 0 Å². The number of aryl methyl sites for hydroxylation is 1. The van der Waals surface area contributed by atoms with Crippen LogP contribution < -0.4 is 5.56 Å². The highest BCUT2D eigenvalue weighted by Gasteiger charge is 2.27. The third-order valence-corrected chi connectivity index (χ3v) is 4.63. The quantitative estimate of drug-likeness (QED) is 0.774. The third-order valence-electron chi connectivity index (χ3n) is 2.97. The van der Waals surface area contributed by atoms with Crippen LogP contribution in [0.25, 0.3) is 11.0 Å². The van der Waals surface area contributed by atoms with E-state index in [0.717, 1.165) is 17.5 Å². The lowest BCUT2D eigenvalue weighted by molar-refractivity contribution is 0.475. The Morgan fingerprint density at radius 2 is 1.90 bits per heavy atom. The van der Waals surface area contributed by atoms with E-state index in [1.807, 2.05) is 0 Å². The maximum absolute atomic E-state index is 12.5. The maximum Gasteiger partial charge on any atom is 0.264 e. The van der Waals surface area contributed by atoms with Crippen LogP contribution in [0.5, 0.6) is 0 Å². The molecule has 0 amide bonds. The Bertz CT molecular complexity index is 933. The maximum atomic E-state index is 12.5. The molecule has 0 saturated carbocycles. The van der Waals surface area contributed by atoms with Gasteiger partial charge in [0.1, 0.15) is 5.58 Å². The van der Waals surface area contributed by atoms with Crippen LogP contribution in [0.2, 0.25) is 0 Å². The predicted octanol–water partition coefficient (Wildman–Crippen LogP) is 1.66. The first-order valence-corrected chi connectivity index (χ1v) is 7.27. The summed E-state index contributed by atoms with van der Waals surface area (Å²) in [4.78, 5) is 11.0. The van der Waals surface area contributed by atoms with Crippen LogP contribution in [-0.2, 0) is 9.84 Å². The number of sulfone groups is 1. The number of nitrogens with one attached hydrogen (secondary N) is 1. The van der Waals surface area contributed by atoms with Crippen LogP contribution in [0, 0.1) is 6.92 Å². The standard InChI is InChI=1S/C13H10N2O4S/c1-8-9-4-2-3-5-10(9)19-13(8)20(17,18)12-7-6-11(16)14-15-12/h2-7H,1H3,(H,14,16). The molecule has 0 atom stereocenters. The SMILES string of the molecule is Cc1c(S(=O)(=O)c2ccc(=O)[nH]n2)oc2ccccc12. The fraction of sp³-hybridized carbons (Fsp3) is 0.0769. The Balaban J connectivity index is 2.26. The summed E-state index contributed by atoms with van der Waals surface area (Å²) in [5.74, 6) is 0. The molecule has 102 valence electrons. The number of furan rings is 1. The number of fused-ring (bicyclic) bond motifs is 1. The molecule has 6 nitrogen and oxygen atoms in total. The van der Waals surface area contributed by atoms with Crippen LogP contribution in [-0.4, -0.2) is 18.6 Å². The van der Waals surface area contributed by atoms with Gasteiger partial charge in [-0.05, 0) is 19.1 Å². The number of aromatic nitrogens is 2. The average molecular weight is 290 g/mol. The highest BCUT2D eigenvalue weighted by molar-refractivity contribution is 7.91. The summed E-state index contributed by atoms with van der Waals surface area (Å²) in [6.45, 7) is 1.67. The molecule has 20 heavy (non-hydrogen) atoms. The van der Waals surface area contributed by atoms with Crippen molar-refractivity contribution in [2.75, 3.05) is 0 Å². The minimum Gasteiger partial charge on any atom is -0.444 e. The molecule has 0 aliphatic carbocycles. The smallest absolute Gasteiger partial charge is 0.264 e. The Labute approximate surface area is 114 Å². The van der Waals surface area contributed by atoms with E-state index in [9.17, 15) is 13.2 Å². The van der Waals surface area contributed by atoms with Crippen molar-refractivity contribution in [2.24, 2.45) is 0 Å². The number of H-pyrrole nitrogens is 1. The minimum absolute atomic E-state index is 0.154. The lowest BCUT2D eigenvalue weighted by atomic mass is 10.2. The highest BCUT2D eigenvalue weighted by atomic mass is 32.2. The van der Waals surface area contributed by atoms with E-state index in [4.69, 9.17) is 4.42 Å². The van der Waals surface area contributed by atoms with E-state index in [1.165, 1.54) is 0 Å². The van der Waals surface area contributed by atoms with Gasteiger partial charge in [-0.2, -0.15) is 5.10 Å². The molecule has 0 aliphatic heterocycles. The Hall–Kier alpha value is -2.41. The van der Waals surface area contributed by atoms with Gasteiger partial charge in [0.15, 0.2) is 5.03 Å². The van der Waals surface area contributed by atoms with E-state index in [-0.39, 0.29) is 10.1 Å². The van der Waals surface area contributed by atoms with Gasteiger partial charge in [0.2, 0.25) is 5.09 Å². The molecule has 3 rings (SSSR count). The molecule has 7 heteroatoms. The molecule has 0 fully saturated rings. The fourth-order valence-electron chi connectivity index (χ4n) is 1.98. The lowest BCUT2D eigenvalue weighted by Crippen LogP contribution is -2.12. The van der Waals surface area contributed by atoms with Crippen molar-refractivity contribution in [1.82, 2.24) is 10.2 Å². The molecule has 0 saturated heterocycles. The minimum atomic E-state index is -3.90. The molecule has 3 aromatic rings. The fourth-order valence-corrected chi connectivity index (χ4v) is 3.30. The van der Waals surface area contributed by atoms with E-state index in [2.05, 4.69) is 10.2 Å². The summed E-state index contributed by atoms with van der Waals surface area (Å²) in [7, 11) is -3.90. The second-order valence-electron chi connectivity index (χ2n) is 4.27. The summed E-state index contributed by atoms with van der Waals surface area (Å²) in [6, 6.07) is 9.31. The van der Waals surface area contributed by atoms with Crippen LogP contribution in [0.4, 0.5) is 0 Å². The predicted molar refractivity (Wildman–Crippen MR) is 71.3 cm³/mol. The largest absolute Gasteiger partial charge is 0.444 e. The first kappa shape index (κ1) is 12.6. The number of rotatable bonds is 2. The van der Waals surface area contributed by atoms with Crippen molar-refractivity contribution >= 4 is 20.8 Å². The molecule has 0 radical (unpaired) electrons. The van der Waals surface area contributed by atoms with Gasteiger partial charge in [-0.15, -0.1) is 0 Å². The topological polar surface area (TPSA) is 93.0 Å². The average Bonchev–Trinajstić information content (AvgIpc) is 2.78. The van der Waals surface area contributed by atoms with Gasteiger partial charge < -0.3 is 4.42 Å². The monoisotopic (exact) mass is 290 g/mol. The van der Waals surface area contributed by atoms with Gasteiger partial charge in [0.25, 0.3) is 15.4 Å². The summed E-state index contributed by atoms with van der Waals surface area (Å²) in [6.07, 6.45) is 0. The molecular formula is C13H10N2O4S. The summed E-state index contributed by atoms with van der Waals surface area (Å²) in [5.41, 5.74) is 0.548. The number of hydrogen-bond donors (Lipinski definition) is 1. The summed E-state index contributed by atoms with van der Waals surface area (Å²) < 4.78 is 30.3. The number of aromatic amines is 1. The molecular weight excluding hydrogens is 280 g/mol. The van der Waals surface area contributed by atoms with Crippen molar-refractivity contribution in [2.45, 2.75) is 17.0 Å². The number of nitrogens with zero attached hydrogens (tertiary/aromatic N) is 1. The highest BCUT2D eigenvalue weighted by Crippen LogP contribution is 2.31. The van der Waals surface area contributed by atoms with E-state index in [1.54, 1.807) is 31.2 Å². The van der Waals surface area contributed by atoms with Crippen LogP contribution >= 0.6 is 0 Å².